The van der Waals surface area contributed by atoms with Crippen LogP contribution in [-0.2, 0) is 16.0 Å². The van der Waals surface area contributed by atoms with Crippen LogP contribution in [0.3, 0.4) is 0 Å². The third kappa shape index (κ3) is 5.83. The molecule has 5 rings (SSSR count). The van der Waals surface area contributed by atoms with Crippen LogP contribution in [0.2, 0.25) is 0 Å². The Morgan fingerprint density at radius 2 is 1.56 bits per heavy atom. The number of ether oxygens (including phenoxy) is 3. The number of aromatic hydroxyl groups is 3. The van der Waals surface area contributed by atoms with Gasteiger partial charge in [-0.25, -0.2) is 0 Å². The minimum atomic E-state index is -1.07. The summed E-state index contributed by atoms with van der Waals surface area (Å²) >= 11 is 0. The van der Waals surface area contributed by atoms with Crippen molar-refractivity contribution in [2.75, 3.05) is 20.8 Å². The molecule has 0 aliphatic heterocycles. The molecular weight excluding hydrogens is 552 g/mol. The summed E-state index contributed by atoms with van der Waals surface area (Å²) in [6.45, 7) is 0.253. The lowest BCUT2D eigenvalue weighted by molar-refractivity contribution is -0.140. The summed E-state index contributed by atoms with van der Waals surface area (Å²) in [4.78, 5) is 26.1. The molecule has 0 bridgehead atoms. The van der Waals surface area contributed by atoms with Crippen LogP contribution in [0.4, 0.5) is 0 Å². The minimum absolute atomic E-state index is 0.105. The van der Waals surface area contributed by atoms with Crippen LogP contribution in [0.5, 0.6) is 28.7 Å². The maximum absolute atomic E-state index is 13.3. The van der Waals surface area contributed by atoms with Gasteiger partial charge in [0.15, 0.2) is 28.4 Å². The summed E-state index contributed by atoms with van der Waals surface area (Å²) in [5.41, 5.74) is 1.05. The van der Waals surface area contributed by atoms with Gasteiger partial charge >= 0.3 is 5.97 Å². The lowest BCUT2D eigenvalue weighted by Crippen LogP contribution is -2.14. The molecule has 0 amide bonds. The summed E-state index contributed by atoms with van der Waals surface area (Å²) in [7, 11) is 2.70. The normalized spacial score (nSPS) is 11.7. The Morgan fingerprint density at radius 3 is 2.23 bits per heavy atom. The van der Waals surface area contributed by atoms with Crippen molar-refractivity contribution in [2.45, 2.75) is 18.8 Å². The first-order chi connectivity index (χ1) is 20.8. The Kier molecular flexibility index (Phi) is 8.52. The zero-order valence-corrected chi connectivity index (χ0v) is 23.6. The Morgan fingerprint density at radius 1 is 0.860 bits per heavy atom. The van der Waals surface area contributed by atoms with Crippen LogP contribution >= 0.6 is 0 Å². The summed E-state index contributed by atoms with van der Waals surface area (Å²) in [5.74, 6) is -3.44. The fourth-order valence-corrected chi connectivity index (χ4v) is 5.10. The van der Waals surface area contributed by atoms with Crippen molar-refractivity contribution < 1.29 is 38.7 Å². The third-order valence-corrected chi connectivity index (χ3v) is 7.22. The van der Waals surface area contributed by atoms with E-state index in [9.17, 15) is 24.9 Å². The molecule has 0 unspecified atom stereocenters. The van der Waals surface area contributed by atoms with Crippen molar-refractivity contribution >= 4 is 16.9 Å². The van der Waals surface area contributed by atoms with Crippen LogP contribution in [0.25, 0.3) is 22.3 Å². The monoisotopic (exact) mass is 582 g/mol. The van der Waals surface area contributed by atoms with E-state index < -0.39 is 34.6 Å². The smallest absolute Gasteiger partial charge is 0.306 e. The minimum Gasteiger partial charge on any atom is -0.504 e. The predicted octanol–water partition coefficient (Wildman–Crippen LogP) is 5.90. The molecule has 1 aromatic heterocycles. The van der Waals surface area contributed by atoms with Gasteiger partial charge in [0.1, 0.15) is 16.7 Å². The fourth-order valence-electron chi connectivity index (χ4n) is 5.10. The Balaban J connectivity index is 1.74. The van der Waals surface area contributed by atoms with Gasteiger partial charge in [-0.3, -0.25) is 9.59 Å². The molecule has 0 spiro atoms. The van der Waals surface area contributed by atoms with Gasteiger partial charge in [-0.15, -0.1) is 0 Å². The zero-order chi connectivity index (χ0) is 30.5. The predicted molar refractivity (Wildman–Crippen MR) is 160 cm³/mol. The van der Waals surface area contributed by atoms with Gasteiger partial charge in [-0.1, -0.05) is 72.8 Å². The first-order valence-corrected chi connectivity index (χ1v) is 13.5. The number of carbonyl (C=O) groups is 1. The van der Waals surface area contributed by atoms with Gasteiger partial charge in [0.2, 0.25) is 5.75 Å². The van der Waals surface area contributed by atoms with Crippen molar-refractivity contribution in [3.05, 3.63) is 112 Å². The molecule has 1 heterocycles. The SMILES string of the molecule is COC(=O)C[C@H](c1cccc(OC)c1OCCc1ccccc1)c1c(O)c(O)c(O)c2c(=O)cc(-c3ccccc3)oc12. The highest BCUT2D eigenvalue weighted by Crippen LogP contribution is 2.51. The van der Waals surface area contributed by atoms with Gasteiger partial charge in [0, 0.05) is 35.1 Å². The summed E-state index contributed by atoms with van der Waals surface area (Å²) in [6.07, 6.45) is 0.231. The van der Waals surface area contributed by atoms with Crippen molar-refractivity contribution in [3.8, 4) is 40.1 Å². The number of fused-ring (bicyclic) bond motifs is 1. The molecule has 0 aliphatic carbocycles. The Labute approximate surface area is 247 Å². The molecule has 1 atom stereocenters. The van der Waals surface area contributed by atoms with Crippen molar-refractivity contribution in [3.63, 3.8) is 0 Å². The van der Waals surface area contributed by atoms with Crippen molar-refractivity contribution in [2.24, 2.45) is 0 Å². The number of phenols is 3. The lowest BCUT2D eigenvalue weighted by atomic mass is 9.85. The van der Waals surface area contributed by atoms with Crippen LogP contribution in [0.1, 0.15) is 29.0 Å². The Bertz CT molecular complexity index is 1810. The molecule has 0 fully saturated rings. The lowest BCUT2D eigenvalue weighted by Gasteiger charge is -2.24. The highest BCUT2D eigenvalue weighted by atomic mass is 16.5. The molecule has 3 N–H and O–H groups in total. The second kappa shape index (κ2) is 12.6. The Hall–Kier alpha value is -5.44. The number of phenolic OH excluding ortho intramolecular Hbond substituents is 3. The molecule has 0 radical (unpaired) electrons. The zero-order valence-electron chi connectivity index (χ0n) is 23.6. The van der Waals surface area contributed by atoms with E-state index in [1.807, 2.05) is 30.3 Å². The molecule has 0 saturated carbocycles. The molecule has 43 heavy (non-hydrogen) atoms. The number of hydrogen-bond acceptors (Lipinski definition) is 9. The van der Waals surface area contributed by atoms with E-state index in [0.717, 1.165) is 5.56 Å². The molecule has 9 heteroatoms. The van der Waals surface area contributed by atoms with Gasteiger partial charge in [-0.05, 0) is 11.6 Å². The highest BCUT2D eigenvalue weighted by molar-refractivity contribution is 5.94. The second-order valence-electron chi connectivity index (χ2n) is 9.80. The number of hydrogen-bond donors (Lipinski definition) is 3. The number of para-hydroxylation sites is 1. The molecule has 9 nitrogen and oxygen atoms in total. The molecular formula is C34H30O9. The quantitative estimate of drug-likeness (QED) is 0.136. The molecule has 0 aliphatic rings. The van der Waals surface area contributed by atoms with E-state index in [0.29, 0.717) is 23.3 Å². The van der Waals surface area contributed by atoms with Gasteiger partial charge in [0.25, 0.3) is 0 Å². The van der Waals surface area contributed by atoms with Gasteiger partial charge < -0.3 is 33.9 Å². The number of benzene rings is 4. The molecule has 5 aromatic rings. The van der Waals surface area contributed by atoms with E-state index in [1.54, 1.807) is 48.5 Å². The van der Waals surface area contributed by atoms with E-state index in [4.69, 9.17) is 18.6 Å². The average molecular weight is 583 g/mol. The van der Waals surface area contributed by atoms with Gasteiger partial charge in [-0.2, -0.15) is 0 Å². The summed E-state index contributed by atoms with van der Waals surface area (Å²) < 4.78 is 23.0. The van der Waals surface area contributed by atoms with Crippen LogP contribution in [0.15, 0.2) is 94.1 Å². The topological polar surface area (TPSA) is 136 Å². The summed E-state index contributed by atoms with van der Waals surface area (Å²) in [6, 6.07) is 24.8. The number of methoxy groups -OCH3 is 2. The maximum Gasteiger partial charge on any atom is 0.306 e. The molecule has 0 saturated heterocycles. The van der Waals surface area contributed by atoms with Crippen molar-refractivity contribution in [1.29, 1.82) is 0 Å². The van der Waals surface area contributed by atoms with E-state index >= 15 is 0 Å². The highest BCUT2D eigenvalue weighted by Gasteiger charge is 2.33. The standard InChI is InChI=1S/C34H30O9/c1-40-25-15-9-14-22(33(25)42-17-16-20-10-5-3-6-11-20)23(18-27(36)41-2)28-30(37)32(39)31(38)29-24(35)19-26(43-34(28)29)21-12-7-4-8-13-21/h3-15,19,23,37-39H,16-18H2,1-2H3/t23-/m1/s1. The van der Waals surface area contributed by atoms with E-state index in [-0.39, 0.29) is 41.1 Å². The average Bonchev–Trinajstić information content (AvgIpc) is 3.03. The molecule has 220 valence electrons. The molecule has 4 aromatic carbocycles. The van der Waals surface area contributed by atoms with E-state index in [2.05, 4.69) is 0 Å². The van der Waals surface area contributed by atoms with Crippen LogP contribution in [0, 0.1) is 0 Å². The second-order valence-corrected chi connectivity index (χ2v) is 9.80. The number of rotatable bonds is 10. The first-order valence-electron chi connectivity index (χ1n) is 13.5. The van der Waals surface area contributed by atoms with E-state index in [1.165, 1.54) is 20.3 Å². The fraction of sp³-hybridized carbons (Fsp3) is 0.176. The van der Waals surface area contributed by atoms with Crippen LogP contribution < -0.4 is 14.9 Å². The third-order valence-electron chi connectivity index (χ3n) is 7.22. The van der Waals surface area contributed by atoms with Gasteiger partial charge in [0.05, 0.1) is 27.2 Å². The largest absolute Gasteiger partial charge is 0.504 e. The first kappa shape index (κ1) is 29.1. The number of esters is 1. The van der Waals surface area contributed by atoms with Crippen molar-refractivity contribution in [1.82, 2.24) is 0 Å². The van der Waals surface area contributed by atoms with Crippen LogP contribution in [-0.4, -0.2) is 42.1 Å². The number of carbonyl (C=O) groups excluding carboxylic acids is 1. The summed E-state index contributed by atoms with van der Waals surface area (Å²) in [5, 5.41) is 32.4. The maximum atomic E-state index is 13.3.